The molecule has 0 unspecified atom stereocenters. The van der Waals surface area contributed by atoms with E-state index in [4.69, 9.17) is 4.42 Å². The van der Waals surface area contributed by atoms with Crippen molar-refractivity contribution in [2.45, 2.75) is 19.4 Å². The first-order valence-corrected chi connectivity index (χ1v) is 10.2. The fourth-order valence-corrected chi connectivity index (χ4v) is 3.30. The zero-order valence-electron chi connectivity index (χ0n) is 17.2. The van der Waals surface area contributed by atoms with E-state index in [1.54, 1.807) is 48.5 Å². The Morgan fingerprint density at radius 3 is 2.06 bits per heavy atom. The van der Waals surface area contributed by atoms with E-state index in [1.165, 1.54) is 4.57 Å². The number of hydrogen-bond acceptors (Lipinski definition) is 4. The smallest absolute Gasteiger partial charge is 0.408 e. The highest BCUT2D eigenvalue weighted by Crippen LogP contribution is 2.16. The second-order valence-electron chi connectivity index (χ2n) is 7.16. The molecule has 1 heterocycles. The van der Waals surface area contributed by atoms with Crippen LogP contribution in [0.1, 0.15) is 12.8 Å². The van der Waals surface area contributed by atoms with Crippen molar-refractivity contribution in [3.05, 3.63) is 89.4 Å². The molecule has 0 radical (unpaired) electrons. The maximum atomic E-state index is 12.3. The van der Waals surface area contributed by atoms with Gasteiger partial charge in [0.25, 0.3) is 0 Å². The number of urea groups is 1. The number of nitrogens with one attached hydrogen (secondary N) is 3. The number of carbonyl (C=O) groups excluding carboxylic acids is 2. The minimum absolute atomic E-state index is 0.159. The molecule has 8 nitrogen and oxygen atoms in total. The first-order valence-electron chi connectivity index (χ1n) is 10.2. The summed E-state index contributed by atoms with van der Waals surface area (Å²) in [6.45, 7) is 0.392. The first kappa shape index (κ1) is 20.9. The van der Waals surface area contributed by atoms with E-state index >= 15 is 0 Å². The number of para-hydroxylation sites is 3. The molecular weight excluding hydrogens is 408 g/mol. The highest BCUT2D eigenvalue weighted by atomic mass is 16.4. The topological polar surface area (TPSA) is 105 Å². The van der Waals surface area contributed by atoms with E-state index in [0.717, 1.165) is 5.52 Å². The van der Waals surface area contributed by atoms with Crippen molar-refractivity contribution in [3.63, 3.8) is 0 Å². The monoisotopic (exact) mass is 430 g/mol. The van der Waals surface area contributed by atoms with Gasteiger partial charge in [-0.2, -0.15) is 0 Å². The summed E-state index contributed by atoms with van der Waals surface area (Å²) in [6, 6.07) is 22.8. The molecule has 32 heavy (non-hydrogen) atoms. The van der Waals surface area contributed by atoms with Gasteiger partial charge in [0.2, 0.25) is 5.91 Å². The molecule has 0 aliphatic heterocycles. The zero-order valence-corrected chi connectivity index (χ0v) is 17.2. The molecule has 3 amide bonds. The fourth-order valence-electron chi connectivity index (χ4n) is 3.30. The Morgan fingerprint density at radius 1 is 0.750 bits per heavy atom. The quantitative estimate of drug-likeness (QED) is 0.397. The lowest BCUT2D eigenvalue weighted by molar-refractivity contribution is -0.116. The van der Waals surface area contributed by atoms with Gasteiger partial charge >= 0.3 is 11.8 Å². The molecule has 8 heteroatoms. The Balaban J connectivity index is 1.25. The number of nitrogens with zero attached hydrogens (tertiary/aromatic N) is 1. The molecule has 4 aromatic rings. The van der Waals surface area contributed by atoms with Crippen LogP contribution in [0.2, 0.25) is 0 Å². The number of benzene rings is 3. The van der Waals surface area contributed by atoms with Gasteiger partial charge in [-0.15, -0.1) is 0 Å². The Hall–Kier alpha value is -4.33. The van der Waals surface area contributed by atoms with Crippen molar-refractivity contribution in [2.24, 2.45) is 0 Å². The minimum Gasteiger partial charge on any atom is -0.408 e. The van der Waals surface area contributed by atoms with Gasteiger partial charge in [-0.25, -0.2) is 9.59 Å². The summed E-state index contributed by atoms with van der Waals surface area (Å²) in [7, 11) is 0. The van der Waals surface area contributed by atoms with Gasteiger partial charge < -0.3 is 20.4 Å². The molecule has 0 spiro atoms. The highest BCUT2D eigenvalue weighted by Gasteiger charge is 2.09. The molecule has 0 aliphatic carbocycles. The van der Waals surface area contributed by atoms with Crippen molar-refractivity contribution in [2.75, 3.05) is 16.0 Å². The maximum Gasteiger partial charge on any atom is 0.419 e. The Kier molecular flexibility index (Phi) is 6.31. The number of rotatable bonds is 7. The number of hydrogen-bond donors (Lipinski definition) is 3. The normalized spacial score (nSPS) is 10.6. The number of fused-ring (bicyclic) bond motifs is 1. The molecule has 0 atom stereocenters. The van der Waals surface area contributed by atoms with Crippen LogP contribution in [0.4, 0.5) is 21.9 Å². The lowest BCUT2D eigenvalue weighted by atomic mass is 10.2. The van der Waals surface area contributed by atoms with E-state index in [1.807, 2.05) is 30.3 Å². The highest BCUT2D eigenvalue weighted by molar-refractivity contribution is 6.00. The van der Waals surface area contributed by atoms with Crippen molar-refractivity contribution in [3.8, 4) is 0 Å². The van der Waals surface area contributed by atoms with Crippen LogP contribution in [-0.4, -0.2) is 16.5 Å². The van der Waals surface area contributed by atoms with Gasteiger partial charge in [0.1, 0.15) is 0 Å². The van der Waals surface area contributed by atoms with Crippen molar-refractivity contribution in [1.82, 2.24) is 4.57 Å². The molecular formula is C24H22N4O4. The summed E-state index contributed by atoms with van der Waals surface area (Å²) in [5, 5.41) is 8.29. The van der Waals surface area contributed by atoms with Gasteiger partial charge in [-0.05, 0) is 55.0 Å². The molecule has 3 aromatic carbocycles. The second kappa shape index (κ2) is 9.65. The molecule has 0 fully saturated rings. The third-order valence-corrected chi connectivity index (χ3v) is 4.82. The van der Waals surface area contributed by atoms with E-state index in [9.17, 15) is 14.4 Å². The molecule has 4 rings (SSSR count). The minimum atomic E-state index is -0.425. The number of anilines is 3. The maximum absolute atomic E-state index is 12.3. The van der Waals surface area contributed by atoms with Crippen LogP contribution in [-0.2, 0) is 11.3 Å². The van der Waals surface area contributed by atoms with Crippen LogP contribution in [0, 0.1) is 0 Å². The summed E-state index contributed by atoms with van der Waals surface area (Å²) in [5.74, 6) is -0.584. The molecule has 0 aliphatic rings. The lowest BCUT2D eigenvalue weighted by Crippen LogP contribution is -2.19. The molecule has 0 saturated carbocycles. The summed E-state index contributed by atoms with van der Waals surface area (Å²) in [4.78, 5) is 36.3. The number of oxazole rings is 1. The van der Waals surface area contributed by atoms with Crippen LogP contribution in [0.3, 0.4) is 0 Å². The summed E-state index contributed by atoms with van der Waals surface area (Å²) < 4.78 is 6.73. The van der Waals surface area contributed by atoms with Crippen LogP contribution in [0.15, 0.2) is 88.1 Å². The summed E-state index contributed by atoms with van der Waals surface area (Å²) in [5.41, 5.74) is 3.17. The van der Waals surface area contributed by atoms with E-state index in [2.05, 4.69) is 16.0 Å². The lowest BCUT2D eigenvalue weighted by Gasteiger charge is -2.09. The zero-order chi connectivity index (χ0) is 22.3. The van der Waals surface area contributed by atoms with Gasteiger partial charge in [0, 0.05) is 30.0 Å². The predicted molar refractivity (Wildman–Crippen MR) is 124 cm³/mol. The third-order valence-electron chi connectivity index (χ3n) is 4.82. The molecule has 0 bridgehead atoms. The fraction of sp³-hybridized carbons (Fsp3) is 0.125. The largest absolute Gasteiger partial charge is 0.419 e. The van der Waals surface area contributed by atoms with Crippen molar-refractivity contribution >= 4 is 40.1 Å². The molecule has 1 aromatic heterocycles. The van der Waals surface area contributed by atoms with Gasteiger partial charge in [-0.3, -0.25) is 9.36 Å². The molecule has 0 saturated heterocycles. The number of amides is 3. The van der Waals surface area contributed by atoms with E-state index in [0.29, 0.717) is 35.6 Å². The Labute approximate surface area is 183 Å². The summed E-state index contributed by atoms with van der Waals surface area (Å²) in [6.07, 6.45) is 0.750. The second-order valence-corrected chi connectivity index (χ2v) is 7.16. The van der Waals surface area contributed by atoms with Crippen LogP contribution in [0.5, 0.6) is 0 Å². The van der Waals surface area contributed by atoms with Gasteiger partial charge in [0.05, 0.1) is 5.52 Å². The number of aryl methyl sites for hydroxylation is 1. The van der Waals surface area contributed by atoms with E-state index < -0.39 is 5.76 Å². The average molecular weight is 430 g/mol. The third kappa shape index (κ3) is 5.23. The molecule has 162 valence electrons. The number of carbonyl (C=O) groups is 2. The Bertz CT molecular complexity index is 1280. The molecule has 3 N–H and O–H groups in total. The van der Waals surface area contributed by atoms with Crippen molar-refractivity contribution in [1.29, 1.82) is 0 Å². The van der Waals surface area contributed by atoms with Crippen molar-refractivity contribution < 1.29 is 14.0 Å². The van der Waals surface area contributed by atoms with Crippen LogP contribution in [0.25, 0.3) is 11.1 Å². The van der Waals surface area contributed by atoms with Crippen LogP contribution < -0.4 is 21.7 Å². The average Bonchev–Trinajstić information content (AvgIpc) is 3.11. The number of aromatic nitrogens is 1. The van der Waals surface area contributed by atoms with Gasteiger partial charge in [0.15, 0.2) is 5.58 Å². The Morgan fingerprint density at radius 2 is 1.34 bits per heavy atom. The summed E-state index contributed by atoms with van der Waals surface area (Å²) >= 11 is 0. The predicted octanol–water partition coefficient (Wildman–Crippen LogP) is 4.66. The standard InChI is InChI=1S/C24H22N4O4/c29-22(11-6-16-28-20-9-4-5-10-21(20)32-24(28)31)25-18-12-14-19(15-13-18)27-23(30)26-17-7-2-1-3-8-17/h1-5,7-10,12-15H,6,11,16H2,(H,25,29)(H2,26,27,30). The van der Waals surface area contributed by atoms with E-state index in [-0.39, 0.29) is 18.4 Å². The van der Waals surface area contributed by atoms with Gasteiger partial charge in [-0.1, -0.05) is 30.3 Å². The van der Waals surface area contributed by atoms with Crippen LogP contribution >= 0.6 is 0 Å². The SMILES string of the molecule is O=C(CCCn1c(=O)oc2ccccc21)Nc1ccc(NC(=O)Nc2ccccc2)cc1. The first-order chi connectivity index (χ1) is 15.6.